The van der Waals surface area contributed by atoms with Gasteiger partial charge in [0.2, 0.25) is 0 Å². The molecule has 0 fully saturated rings. The van der Waals surface area contributed by atoms with Crippen molar-refractivity contribution < 1.29 is 4.79 Å². The van der Waals surface area contributed by atoms with Gasteiger partial charge in [0.25, 0.3) is 5.91 Å². The maximum Gasteiger partial charge on any atom is 0.255 e. The lowest BCUT2D eigenvalue weighted by Crippen LogP contribution is -2.31. The van der Waals surface area contributed by atoms with Crippen LogP contribution in [0.1, 0.15) is 41.0 Å². The van der Waals surface area contributed by atoms with Crippen LogP contribution in [-0.2, 0) is 13.1 Å². The lowest BCUT2D eigenvalue weighted by molar-refractivity contribution is 0.0932. The highest BCUT2D eigenvalue weighted by atomic mass is 16.1. The largest absolute Gasteiger partial charge is 0.343 e. The summed E-state index contributed by atoms with van der Waals surface area (Å²) in [6.45, 7) is 5.47. The molecule has 25 heavy (non-hydrogen) atoms. The smallest absolute Gasteiger partial charge is 0.255 e. The van der Waals surface area contributed by atoms with Crippen molar-refractivity contribution in [2.75, 3.05) is 0 Å². The summed E-state index contributed by atoms with van der Waals surface area (Å²) >= 11 is 0. The molecule has 0 aliphatic rings. The Morgan fingerprint density at radius 1 is 1.28 bits per heavy atom. The highest BCUT2D eigenvalue weighted by Gasteiger charge is 2.19. The third-order valence-corrected chi connectivity index (χ3v) is 4.24. The van der Waals surface area contributed by atoms with Crippen LogP contribution >= 0.6 is 0 Å². The zero-order chi connectivity index (χ0) is 17.6. The summed E-state index contributed by atoms with van der Waals surface area (Å²) in [7, 11) is 0. The number of amides is 1. The number of hydrogen-bond acceptors (Lipinski definition) is 3. The second-order valence-corrected chi connectivity index (χ2v) is 6.06. The van der Waals surface area contributed by atoms with Gasteiger partial charge in [0.05, 0.1) is 24.1 Å². The average molecular weight is 337 g/mol. The van der Waals surface area contributed by atoms with Crippen molar-refractivity contribution in [3.63, 3.8) is 0 Å². The van der Waals surface area contributed by atoms with Gasteiger partial charge in [-0.2, -0.15) is 5.10 Å². The van der Waals surface area contributed by atoms with Crippen LogP contribution in [0.25, 0.3) is 0 Å². The van der Waals surface area contributed by atoms with Crippen LogP contribution in [0.4, 0.5) is 0 Å². The van der Waals surface area contributed by atoms with E-state index < -0.39 is 0 Å². The minimum atomic E-state index is -0.142. The molecule has 3 rings (SSSR count). The first-order chi connectivity index (χ1) is 12.2. The van der Waals surface area contributed by atoms with Gasteiger partial charge in [-0.25, -0.2) is 4.98 Å². The van der Waals surface area contributed by atoms with Crippen molar-refractivity contribution in [1.29, 1.82) is 0 Å². The van der Waals surface area contributed by atoms with Crippen LogP contribution in [0.3, 0.4) is 0 Å². The molecule has 0 aliphatic heterocycles. The van der Waals surface area contributed by atoms with Crippen LogP contribution in [0.15, 0.2) is 55.2 Å². The quantitative estimate of drug-likeness (QED) is 0.721. The van der Waals surface area contributed by atoms with Crippen LogP contribution in [0, 0.1) is 6.92 Å². The number of aryl methyl sites for hydroxylation is 1. The minimum absolute atomic E-state index is 0.103. The van der Waals surface area contributed by atoms with Crippen molar-refractivity contribution in [2.24, 2.45) is 0 Å². The number of aromatic nitrogens is 4. The van der Waals surface area contributed by atoms with Gasteiger partial charge in [-0.15, -0.1) is 0 Å². The molecule has 0 unspecified atom stereocenters. The van der Waals surface area contributed by atoms with Crippen LogP contribution in [0.2, 0.25) is 0 Å². The predicted molar refractivity (Wildman–Crippen MR) is 96.1 cm³/mol. The third kappa shape index (κ3) is 3.96. The highest BCUT2D eigenvalue weighted by molar-refractivity contribution is 5.95. The van der Waals surface area contributed by atoms with Crippen LogP contribution in [0.5, 0.6) is 0 Å². The monoisotopic (exact) mass is 337 g/mol. The number of hydrogen-bond donors (Lipinski definition) is 1. The average Bonchev–Trinajstić information content (AvgIpc) is 3.26. The van der Waals surface area contributed by atoms with E-state index in [-0.39, 0.29) is 11.9 Å². The van der Waals surface area contributed by atoms with E-state index in [1.807, 2.05) is 52.7 Å². The molecule has 130 valence electrons. The van der Waals surface area contributed by atoms with E-state index in [9.17, 15) is 4.79 Å². The Labute approximate surface area is 147 Å². The number of carbonyl (C=O) groups excluding carboxylic acids is 1. The summed E-state index contributed by atoms with van der Waals surface area (Å²) in [5, 5.41) is 7.47. The fourth-order valence-corrected chi connectivity index (χ4v) is 2.87. The first-order valence-corrected chi connectivity index (χ1v) is 8.53. The third-order valence-electron chi connectivity index (χ3n) is 4.24. The zero-order valence-corrected chi connectivity index (χ0v) is 14.6. The summed E-state index contributed by atoms with van der Waals surface area (Å²) in [5.41, 5.74) is 2.58. The lowest BCUT2D eigenvalue weighted by Gasteiger charge is -2.20. The molecule has 6 heteroatoms. The molecule has 1 N–H and O–H groups in total. The van der Waals surface area contributed by atoms with E-state index in [4.69, 9.17) is 0 Å². The van der Waals surface area contributed by atoms with Gasteiger partial charge >= 0.3 is 0 Å². The molecule has 2 aromatic heterocycles. The number of nitrogens with one attached hydrogen (secondary N) is 1. The number of nitrogens with zero attached hydrogens (tertiary/aromatic N) is 4. The number of imidazole rings is 1. The van der Waals surface area contributed by atoms with Crippen molar-refractivity contribution in [2.45, 2.75) is 39.4 Å². The fourth-order valence-electron chi connectivity index (χ4n) is 2.87. The van der Waals surface area contributed by atoms with Gasteiger partial charge in [0, 0.05) is 31.2 Å². The lowest BCUT2D eigenvalue weighted by atomic mass is 10.1. The molecule has 1 amide bonds. The number of benzene rings is 1. The van der Waals surface area contributed by atoms with E-state index >= 15 is 0 Å². The van der Waals surface area contributed by atoms with Crippen molar-refractivity contribution in [3.05, 3.63) is 72.1 Å². The maximum atomic E-state index is 12.8. The standard InChI is InChI=1S/C19H23N5O/c1-3-10-24-15(2)17(12-21-24)19(25)22-18(13-23-11-9-20-14-23)16-7-5-4-6-8-16/h4-9,11-12,14,18H,3,10,13H2,1-2H3,(H,22,25)/t18-/m1/s1. The van der Waals surface area contributed by atoms with Gasteiger partial charge in [0.15, 0.2) is 0 Å². The molecule has 1 atom stereocenters. The summed E-state index contributed by atoms with van der Waals surface area (Å²) in [4.78, 5) is 16.9. The van der Waals surface area contributed by atoms with Crippen molar-refractivity contribution >= 4 is 5.91 Å². The van der Waals surface area contributed by atoms with E-state index in [0.29, 0.717) is 12.1 Å². The molecule has 2 heterocycles. The number of rotatable bonds is 7. The molecule has 3 aromatic rings. The Hall–Kier alpha value is -2.89. The Kier molecular flexibility index (Phi) is 5.28. The summed E-state index contributed by atoms with van der Waals surface area (Å²) in [6.07, 6.45) is 8.03. The van der Waals surface area contributed by atoms with E-state index in [1.54, 1.807) is 18.7 Å². The predicted octanol–water partition coefficient (Wildman–Crippen LogP) is 2.97. The molecule has 0 saturated heterocycles. The molecule has 0 spiro atoms. The Morgan fingerprint density at radius 3 is 2.76 bits per heavy atom. The Morgan fingerprint density at radius 2 is 2.08 bits per heavy atom. The maximum absolute atomic E-state index is 12.8. The Balaban J connectivity index is 1.81. The van der Waals surface area contributed by atoms with E-state index in [0.717, 1.165) is 24.2 Å². The second-order valence-electron chi connectivity index (χ2n) is 6.06. The first kappa shape index (κ1) is 17.0. The van der Waals surface area contributed by atoms with E-state index in [2.05, 4.69) is 22.3 Å². The molecular formula is C19H23N5O. The molecular weight excluding hydrogens is 314 g/mol. The van der Waals surface area contributed by atoms with Gasteiger partial charge in [-0.3, -0.25) is 9.48 Å². The molecule has 0 bridgehead atoms. The SMILES string of the molecule is CCCn1ncc(C(=O)N[C@H](Cn2ccnc2)c2ccccc2)c1C. The molecule has 0 aliphatic carbocycles. The molecule has 0 radical (unpaired) electrons. The van der Waals surface area contributed by atoms with Crippen molar-refractivity contribution in [3.8, 4) is 0 Å². The second kappa shape index (κ2) is 7.79. The normalized spacial score (nSPS) is 12.1. The zero-order valence-electron chi connectivity index (χ0n) is 14.6. The van der Waals surface area contributed by atoms with Gasteiger partial charge in [-0.1, -0.05) is 37.3 Å². The summed E-state index contributed by atoms with van der Waals surface area (Å²) in [5.74, 6) is -0.103. The van der Waals surface area contributed by atoms with Crippen LogP contribution in [-0.4, -0.2) is 25.2 Å². The van der Waals surface area contributed by atoms with Gasteiger partial charge in [0.1, 0.15) is 0 Å². The molecule has 1 aromatic carbocycles. The summed E-state index contributed by atoms with van der Waals surface area (Å²) < 4.78 is 3.84. The summed E-state index contributed by atoms with van der Waals surface area (Å²) in [6, 6.07) is 9.83. The molecule has 6 nitrogen and oxygen atoms in total. The van der Waals surface area contributed by atoms with Gasteiger partial charge in [-0.05, 0) is 18.9 Å². The first-order valence-electron chi connectivity index (χ1n) is 8.53. The van der Waals surface area contributed by atoms with Crippen LogP contribution < -0.4 is 5.32 Å². The van der Waals surface area contributed by atoms with Crippen molar-refractivity contribution in [1.82, 2.24) is 24.6 Å². The topological polar surface area (TPSA) is 64.7 Å². The van der Waals surface area contributed by atoms with Gasteiger partial charge < -0.3 is 9.88 Å². The number of carbonyl (C=O) groups is 1. The Bertz CT molecular complexity index is 808. The highest BCUT2D eigenvalue weighted by Crippen LogP contribution is 2.17. The minimum Gasteiger partial charge on any atom is -0.343 e. The molecule has 0 saturated carbocycles. The fraction of sp³-hybridized carbons (Fsp3) is 0.316. The van der Waals surface area contributed by atoms with E-state index in [1.165, 1.54) is 0 Å².